The summed E-state index contributed by atoms with van der Waals surface area (Å²) in [6.07, 6.45) is 1.02. The molecule has 2 aromatic carbocycles. The lowest BCUT2D eigenvalue weighted by Crippen LogP contribution is -2.46. The van der Waals surface area contributed by atoms with E-state index in [1.807, 2.05) is 0 Å². The molecule has 34 heavy (non-hydrogen) atoms. The second-order valence-electron chi connectivity index (χ2n) is 9.18. The minimum atomic E-state index is -0.743. The van der Waals surface area contributed by atoms with Crippen molar-refractivity contribution in [2.75, 3.05) is 21.3 Å². The van der Waals surface area contributed by atoms with Crippen molar-refractivity contribution in [3.05, 3.63) is 53.1 Å². The molecule has 0 aliphatic rings. The molecule has 0 saturated carbocycles. The Morgan fingerprint density at radius 1 is 0.824 bits per heavy atom. The van der Waals surface area contributed by atoms with Gasteiger partial charge in [-0.25, -0.2) is 0 Å². The number of nitrogens with one attached hydrogen (secondary N) is 2. The van der Waals surface area contributed by atoms with Crippen LogP contribution < -0.4 is 24.8 Å². The van der Waals surface area contributed by atoms with Crippen molar-refractivity contribution >= 4 is 11.8 Å². The molecule has 2 rings (SSSR count). The van der Waals surface area contributed by atoms with Gasteiger partial charge in [-0.15, -0.1) is 0 Å². The molecular formula is C27H38N2O5. The predicted molar refractivity (Wildman–Crippen MR) is 134 cm³/mol. The molecule has 0 heterocycles. The van der Waals surface area contributed by atoms with E-state index in [1.54, 1.807) is 19.1 Å². The Morgan fingerprint density at radius 3 is 1.82 bits per heavy atom. The first-order valence-electron chi connectivity index (χ1n) is 11.6. The average molecular weight is 471 g/mol. The molecular weight excluding hydrogens is 432 g/mol. The van der Waals surface area contributed by atoms with Crippen molar-refractivity contribution < 1.29 is 23.8 Å². The quantitative estimate of drug-likeness (QED) is 0.504. The lowest BCUT2D eigenvalue weighted by Gasteiger charge is -2.25. The topological polar surface area (TPSA) is 85.9 Å². The summed E-state index contributed by atoms with van der Waals surface area (Å²) < 4.78 is 15.9. The van der Waals surface area contributed by atoms with Gasteiger partial charge in [-0.05, 0) is 48.4 Å². The normalized spacial score (nSPS) is 12.8. The molecule has 2 N–H and O–H groups in total. The molecule has 0 aromatic heterocycles. The third-order valence-electron chi connectivity index (χ3n) is 5.62. The van der Waals surface area contributed by atoms with Crippen LogP contribution in [0.4, 0.5) is 0 Å². The number of ether oxygens (including phenoxy) is 3. The van der Waals surface area contributed by atoms with Crippen molar-refractivity contribution in [1.82, 2.24) is 10.6 Å². The zero-order valence-corrected chi connectivity index (χ0v) is 21.5. The van der Waals surface area contributed by atoms with Crippen LogP contribution >= 0.6 is 0 Å². The summed E-state index contributed by atoms with van der Waals surface area (Å²) in [7, 11) is 4.46. The van der Waals surface area contributed by atoms with Crippen LogP contribution in [0.25, 0.3) is 0 Å². The van der Waals surface area contributed by atoms with E-state index < -0.39 is 11.9 Å². The van der Waals surface area contributed by atoms with Crippen LogP contribution in [0.15, 0.2) is 36.4 Å². The van der Waals surface area contributed by atoms with Gasteiger partial charge in [0.2, 0.25) is 11.7 Å². The molecule has 7 nitrogen and oxygen atoms in total. The Balaban J connectivity index is 2.12. The van der Waals surface area contributed by atoms with Crippen molar-refractivity contribution in [2.45, 2.75) is 53.1 Å². The second kappa shape index (κ2) is 12.3. The monoisotopic (exact) mass is 470 g/mol. The standard InChI is InChI=1S/C27H38N2O5/c1-16(2)13-19-9-11-20(12-10-19)24(17(3)4)29-26(30)18(5)28-27(31)21-14-22(32-6)25(34-8)23(15-21)33-7/h9-12,14-18,24H,13H2,1-8H3,(H,28,31)(H,29,30)/t18-,24+/m0/s1. The Morgan fingerprint density at radius 2 is 1.38 bits per heavy atom. The van der Waals surface area contributed by atoms with Crippen molar-refractivity contribution in [3.8, 4) is 17.2 Å². The van der Waals surface area contributed by atoms with E-state index >= 15 is 0 Å². The summed E-state index contributed by atoms with van der Waals surface area (Å²) in [5.74, 6) is 1.22. The van der Waals surface area contributed by atoms with Gasteiger partial charge in [0.05, 0.1) is 27.4 Å². The van der Waals surface area contributed by atoms with Crippen LogP contribution in [0.5, 0.6) is 17.2 Å². The molecule has 2 amide bonds. The number of carbonyl (C=O) groups is 2. The van der Waals surface area contributed by atoms with E-state index in [-0.39, 0.29) is 17.9 Å². The molecule has 186 valence electrons. The Hall–Kier alpha value is -3.22. The van der Waals surface area contributed by atoms with E-state index in [1.165, 1.54) is 26.9 Å². The fraction of sp³-hybridized carbons (Fsp3) is 0.481. The van der Waals surface area contributed by atoms with Gasteiger partial charge in [0.1, 0.15) is 6.04 Å². The molecule has 7 heteroatoms. The SMILES string of the molecule is COc1cc(C(=O)N[C@@H](C)C(=O)N[C@@H](c2ccc(CC(C)C)cc2)C(C)C)cc(OC)c1OC. The highest BCUT2D eigenvalue weighted by Gasteiger charge is 2.24. The second-order valence-corrected chi connectivity index (χ2v) is 9.18. The summed E-state index contributed by atoms with van der Waals surface area (Å²) >= 11 is 0. The third kappa shape index (κ3) is 6.89. The largest absolute Gasteiger partial charge is 0.493 e. The highest BCUT2D eigenvalue weighted by molar-refractivity contribution is 5.98. The molecule has 2 atom stereocenters. The molecule has 0 spiro atoms. The lowest BCUT2D eigenvalue weighted by molar-refractivity contribution is -0.123. The first-order chi connectivity index (χ1) is 16.1. The number of amides is 2. The van der Waals surface area contributed by atoms with Crippen molar-refractivity contribution in [3.63, 3.8) is 0 Å². The minimum absolute atomic E-state index is 0.166. The zero-order valence-electron chi connectivity index (χ0n) is 21.5. The third-order valence-corrected chi connectivity index (χ3v) is 5.62. The molecule has 0 saturated heterocycles. The summed E-state index contributed by atoms with van der Waals surface area (Å²) in [5, 5.41) is 5.85. The van der Waals surface area contributed by atoms with E-state index in [4.69, 9.17) is 14.2 Å². The van der Waals surface area contributed by atoms with Crippen LogP contribution in [0.1, 0.15) is 62.1 Å². The lowest BCUT2D eigenvalue weighted by atomic mass is 9.93. The highest BCUT2D eigenvalue weighted by Crippen LogP contribution is 2.38. The van der Waals surface area contributed by atoms with Crippen LogP contribution in [-0.4, -0.2) is 39.2 Å². The molecule has 0 aliphatic carbocycles. The number of rotatable bonds is 11. The summed E-state index contributed by atoms with van der Waals surface area (Å²) in [6.45, 7) is 10.2. The van der Waals surface area contributed by atoms with E-state index in [0.717, 1.165) is 12.0 Å². The molecule has 0 unspecified atom stereocenters. The minimum Gasteiger partial charge on any atom is -0.493 e. The first kappa shape index (κ1) is 27.0. The number of carbonyl (C=O) groups excluding carboxylic acids is 2. The molecule has 0 fully saturated rings. The number of methoxy groups -OCH3 is 3. The van der Waals surface area contributed by atoms with Crippen LogP contribution in [0.2, 0.25) is 0 Å². The van der Waals surface area contributed by atoms with Gasteiger partial charge in [-0.3, -0.25) is 9.59 Å². The zero-order chi connectivity index (χ0) is 25.4. The van der Waals surface area contributed by atoms with E-state index in [0.29, 0.717) is 28.7 Å². The number of hydrogen-bond acceptors (Lipinski definition) is 5. The average Bonchev–Trinajstić information content (AvgIpc) is 2.81. The van der Waals surface area contributed by atoms with Crippen molar-refractivity contribution in [2.24, 2.45) is 11.8 Å². The molecule has 0 radical (unpaired) electrons. The van der Waals surface area contributed by atoms with Gasteiger partial charge in [0, 0.05) is 5.56 Å². The highest BCUT2D eigenvalue weighted by atomic mass is 16.5. The van der Waals surface area contributed by atoms with Crippen LogP contribution in [-0.2, 0) is 11.2 Å². The van der Waals surface area contributed by atoms with E-state index in [2.05, 4.69) is 62.6 Å². The van der Waals surface area contributed by atoms with Gasteiger partial charge in [-0.1, -0.05) is 52.0 Å². The van der Waals surface area contributed by atoms with Gasteiger partial charge in [0.15, 0.2) is 11.5 Å². The first-order valence-corrected chi connectivity index (χ1v) is 11.6. The summed E-state index contributed by atoms with van der Waals surface area (Å²) in [4.78, 5) is 25.8. The Bertz CT molecular complexity index is 944. The maximum absolute atomic E-state index is 13.0. The maximum atomic E-state index is 13.0. The molecule has 0 bridgehead atoms. The fourth-order valence-electron chi connectivity index (χ4n) is 3.80. The summed E-state index contributed by atoms with van der Waals surface area (Å²) in [6, 6.07) is 10.6. The Kier molecular flexibility index (Phi) is 9.78. The maximum Gasteiger partial charge on any atom is 0.252 e. The predicted octanol–water partition coefficient (Wildman–Crippen LogP) is 4.54. The number of hydrogen-bond donors (Lipinski definition) is 2. The molecule has 0 aliphatic heterocycles. The van der Waals surface area contributed by atoms with Gasteiger partial charge in [0.25, 0.3) is 5.91 Å². The fourth-order valence-corrected chi connectivity index (χ4v) is 3.80. The van der Waals surface area contributed by atoms with Crippen LogP contribution in [0.3, 0.4) is 0 Å². The summed E-state index contributed by atoms with van der Waals surface area (Å²) in [5.41, 5.74) is 2.62. The van der Waals surface area contributed by atoms with Crippen LogP contribution in [0, 0.1) is 11.8 Å². The smallest absolute Gasteiger partial charge is 0.252 e. The van der Waals surface area contributed by atoms with Gasteiger partial charge in [-0.2, -0.15) is 0 Å². The van der Waals surface area contributed by atoms with Gasteiger partial charge < -0.3 is 24.8 Å². The van der Waals surface area contributed by atoms with Gasteiger partial charge >= 0.3 is 0 Å². The number of benzene rings is 2. The van der Waals surface area contributed by atoms with Crippen molar-refractivity contribution in [1.29, 1.82) is 0 Å². The Labute approximate surface area is 203 Å². The van der Waals surface area contributed by atoms with E-state index in [9.17, 15) is 9.59 Å². The molecule has 2 aromatic rings.